The molecule has 0 saturated carbocycles. The van der Waals surface area contributed by atoms with Gasteiger partial charge in [-0.2, -0.15) is 8.78 Å². The minimum absolute atomic E-state index is 0.0735. The highest BCUT2D eigenvalue weighted by Crippen LogP contribution is 2.17. The van der Waals surface area contributed by atoms with Gasteiger partial charge in [0.2, 0.25) is 0 Å². The molecule has 1 N–H and O–H groups in total. The maximum Gasteiger partial charge on any atom is 0.387 e. The van der Waals surface area contributed by atoms with Gasteiger partial charge in [-0.1, -0.05) is 18.2 Å². The molecule has 0 spiro atoms. The minimum Gasteiger partial charge on any atom is -0.487 e. The molecule has 0 bridgehead atoms. The molecule has 164 valence electrons. The quantitative estimate of drug-likeness (QED) is 0.432. The number of carbonyl (C=O) groups excluding carboxylic acids is 1. The fourth-order valence-corrected chi connectivity index (χ4v) is 3.16. The molecule has 32 heavy (non-hydrogen) atoms. The van der Waals surface area contributed by atoms with E-state index >= 15 is 0 Å². The van der Waals surface area contributed by atoms with Gasteiger partial charge in [-0.15, -0.1) is 0 Å². The molecule has 0 aliphatic carbocycles. The van der Waals surface area contributed by atoms with Crippen LogP contribution < -0.4 is 14.8 Å². The maximum atomic E-state index is 12.4. The molecule has 0 aliphatic rings. The largest absolute Gasteiger partial charge is 0.487 e. The van der Waals surface area contributed by atoms with E-state index in [1.165, 1.54) is 12.1 Å². The molecule has 0 saturated heterocycles. The van der Waals surface area contributed by atoms with E-state index in [1.54, 1.807) is 36.4 Å². The van der Waals surface area contributed by atoms with E-state index in [1.807, 2.05) is 35.9 Å². The standard InChI is InChI=1S/C24H21F2N3O3/c1-16-2-11-22-28-19(14-29(22)13-16)15-31-20-9-5-18(6-10-20)23(30)27-12-17-3-7-21(8-4-17)32-24(25)26/h2-11,13-14,24H,12,15H2,1H3,(H,27,30). The summed E-state index contributed by atoms with van der Waals surface area (Å²) in [6, 6.07) is 16.9. The number of pyridine rings is 1. The van der Waals surface area contributed by atoms with Crippen LogP contribution in [0.3, 0.4) is 0 Å². The molecule has 6 nitrogen and oxygen atoms in total. The third kappa shape index (κ3) is 5.40. The molecule has 0 atom stereocenters. The Morgan fingerprint density at radius 1 is 1.00 bits per heavy atom. The Balaban J connectivity index is 1.29. The number of halogens is 2. The number of fused-ring (bicyclic) bond motifs is 1. The van der Waals surface area contributed by atoms with Crippen LogP contribution in [0, 0.1) is 6.92 Å². The van der Waals surface area contributed by atoms with Gasteiger partial charge in [-0.05, 0) is 60.5 Å². The van der Waals surface area contributed by atoms with Gasteiger partial charge in [0.25, 0.3) is 5.91 Å². The van der Waals surface area contributed by atoms with E-state index in [9.17, 15) is 13.6 Å². The second-order valence-corrected chi connectivity index (χ2v) is 7.22. The van der Waals surface area contributed by atoms with Crippen LogP contribution in [-0.2, 0) is 13.2 Å². The summed E-state index contributed by atoms with van der Waals surface area (Å²) >= 11 is 0. The first-order valence-corrected chi connectivity index (χ1v) is 9.95. The average molecular weight is 437 g/mol. The molecule has 0 fully saturated rings. The number of alkyl halides is 2. The molecule has 2 aromatic heterocycles. The van der Waals surface area contributed by atoms with Gasteiger partial charge in [-0.25, -0.2) is 4.98 Å². The van der Waals surface area contributed by atoms with Crippen molar-refractivity contribution in [1.29, 1.82) is 0 Å². The van der Waals surface area contributed by atoms with Crippen molar-refractivity contribution in [2.75, 3.05) is 0 Å². The highest BCUT2D eigenvalue weighted by Gasteiger charge is 2.08. The van der Waals surface area contributed by atoms with Gasteiger partial charge in [0.1, 0.15) is 23.8 Å². The Labute approximate surface area is 183 Å². The van der Waals surface area contributed by atoms with Crippen molar-refractivity contribution < 1.29 is 23.0 Å². The highest BCUT2D eigenvalue weighted by atomic mass is 19.3. The van der Waals surface area contributed by atoms with Crippen LogP contribution in [0.25, 0.3) is 5.65 Å². The first-order valence-electron chi connectivity index (χ1n) is 9.95. The topological polar surface area (TPSA) is 64.9 Å². The van der Waals surface area contributed by atoms with Crippen LogP contribution in [0.5, 0.6) is 11.5 Å². The lowest BCUT2D eigenvalue weighted by molar-refractivity contribution is -0.0498. The lowest BCUT2D eigenvalue weighted by atomic mass is 10.2. The monoisotopic (exact) mass is 437 g/mol. The van der Waals surface area contributed by atoms with Gasteiger partial charge in [0.15, 0.2) is 0 Å². The highest BCUT2D eigenvalue weighted by molar-refractivity contribution is 5.94. The third-order valence-electron chi connectivity index (χ3n) is 4.75. The van der Waals surface area contributed by atoms with Gasteiger partial charge < -0.3 is 19.2 Å². The molecule has 2 heterocycles. The summed E-state index contributed by atoms with van der Waals surface area (Å²) in [6.07, 6.45) is 3.93. The number of carbonyl (C=O) groups is 1. The van der Waals surface area contributed by atoms with Crippen LogP contribution in [0.15, 0.2) is 73.1 Å². The maximum absolute atomic E-state index is 12.4. The minimum atomic E-state index is -2.86. The lowest BCUT2D eigenvalue weighted by Gasteiger charge is -2.08. The Morgan fingerprint density at radius 3 is 2.44 bits per heavy atom. The number of imidazole rings is 1. The average Bonchev–Trinajstić information content (AvgIpc) is 3.19. The van der Waals surface area contributed by atoms with Gasteiger partial charge in [0, 0.05) is 24.5 Å². The lowest BCUT2D eigenvalue weighted by Crippen LogP contribution is -2.22. The van der Waals surface area contributed by atoms with Crippen molar-refractivity contribution in [1.82, 2.24) is 14.7 Å². The van der Waals surface area contributed by atoms with E-state index in [0.29, 0.717) is 17.9 Å². The molecule has 4 aromatic rings. The predicted octanol–water partition coefficient (Wildman–Crippen LogP) is 4.75. The molecular formula is C24H21F2N3O3. The van der Waals surface area contributed by atoms with Crippen molar-refractivity contribution in [2.45, 2.75) is 26.7 Å². The number of amides is 1. The molecule has 8 heteroatoms. The van der Waals surface area contributed by atoms with Crippen molar-refractivity contribution in [3.63, 3.8) is 0 Å². The summed E-state index contributed by atoms with van der Waals surface area (Å²) in [4.78, 5) is 16.9. The molecular weight excluding hydrogens is 416 g/mol. The summed E-state index contributed by atoms with van der Waals surface area (Å²) in [5, 5.41) is 2.79. The molecule has 0 unspecified atom stereocenters. The van der Waals surface area contributed by atoms with Crippen molar-refractivity contribution >= 4 is 11.6 Å². The van der Waals surface area contributed by atoms with Crippen molar-refractivity contribution in [3.8, 4) is 11.5 Å². The second kappa shape index (κ2) is 9.47. The molecule has 0 radical (unpaired) electrons. The van der Waals surface area contributed by atoms with Crippen LogP contribution in [0.4, 0.5) is 8.78 Å². The summed E-state index contributed by atoms with van der Waals surface area (Å²) in [7, 11) is 0. The summed E-state index contributed by atoms with van der Waals surface area (Å²) < 4.78 is 36.4. The number of benzene rings is 2. The molecule has 4 rings (SSSR count). The number of aryl methyl sites for hydroxylation is 1. The zero-order chi connectivity index (χ0) is 22.5. The Morgan fingerprint density at radius 2 is 1.72 bits per heavy atom. The SMILES string of the molecule is Cc1ccc2nc(COc3ccc(C(=O)NCc4ccc(OC(F)F)cc4)cc3)cn2c1. The third-order valence-corrected chi connectivity index (χ3v) is 4.75. The number of aromatic nitrogens is 2. The number of nitrogens with one attached hydrogen (secondary N) is 1. The Bertz CT molecular complexity index is 1210. The van der Waals surface area contributed by atoms with Gasteiger partial charge >= 0.3 is 6.61 Å². The normalized spacial score (nSPS) is 11.0. The van der Waals surface area contributed by atoms with E-state index < -0.39 is 6.61 Å². The van der Waals surface area contributed by atoms with E-state index in [2.05, 4.69) is 15.0 Å². The molecule has 0 aliphatic heterocycles. The zero-order valence-electron chi connectivity index (χ0n) is 17.3. The van der Waals surface area contributed by atoms with Crippen molar-refractivity contribution in [3.05, 3.63) is 95.4 Å². The zero-order valence-corrected chi connectivity index (χ0v) is 17.3. The van der Waals surface area contributed by atoms with Crippen LogP contribution in [0.2, 0.25) is 0 Å². The predicted molar refractivity (Wildman–Crippen MR) is 115 cm³/mol. The van der Waals surface area contributed by atoms with Gasteiger partial charge in [0.05, 0.1) is 5.69 Å². The number of hydrogen-bond donors (Lipinski definition) is 1. The number of rotatable bonds is 8. The smallest absolute Gasteiger partial charge is 0.387 e. The number of hydrogen-bond acceptors (Lipinski definition) is 4. The van der Waals surface area contributed by atoms with Crippen LogP contribution in [-0.4, -0.2) is 21.9 Å². The number of nitrogens with zero attached hydrogens (tertiary/aromatic N) is 2. The van der Waals surface area contributed by atoms with E-state index in [0.717, 1.165) is 22.5 Å². The van der Waals surface area contributed by atoms with Crippen LogP contribution in [0.1, 0.15) is 27.2 Å². The van der Waals surface area contributed by atoms with E-state index in [4.69, 9.17) is 4.74 Å². The number of ether oxygens (including phenoxy) is 2. The summed E-state index contributed by atoms with van der Waals surface area (Å²) in [5.41, 5.74) is 4.06. The first-order chi connectivity index (χ1) is 15.5. The van der Waals surface area contributed by atoms with Crippen LogP contribution >= 0.6 is 0 Å². The fraction of sp³-hybridized carbons (Fsp3) is 0.167. The van der Waals surface area contributed by atoms with Crippen molar-refractivity contribution in [2.24, 2.45) is 0 Å². The fourth-order valence-electron chi connectivity index (χ4n) is 3.16. The Kier molecular flexibility index (Phi) is 6.30. The molecule has 1 amide bonds. The van der Waals surface area contributed by atoms with E-state index in [-0.39, 0.29) is 18.2 Å². The summed E-state index contributed by atoms with van der Waals surface area (Å²) in [6.45, 7) is -0.262. The Hall–Kier alpha value is -3.94. The first kappa shape index (κ1) is 21.3. The second-order valence-electron chi connectivity index (χ2n) is 7.22. The summed E-state index contributed by atoms with van der Waals surface area (Å²) in [5.74, 6) is 0.453. The van der Waals surface area contributed by atoms with Gasteiger partial charge in [-0.3, -0.25) is 4.79 Å². The molecule has 2 aromatic carbocycles.